The first-order valence-corrected chi connectivity index (χ1v) is 7.82. The number of fused-ring (bicyclic) bond motifs is 1. The molecule has 122 valence electrons. The topological polar surface area (TPSA) is 83.3 Å². The number of hydrogen-bond donors (Lipinski definition) is 3. The van der Waals surface area contributed by atoms with Crippen LogP contribution in [0.2, 0.25) is 0 Å². The molecule has 1 atom stereocenters. The summed E-state index contributed by atoms with van der Waals surface area (Å²) < 4.78 is 0. The summed E-state index contributed by atoms with van der Waals surface area (Å²) in [5.74, 6) is -0.152. The van der Waals surface area contributed by atoms with Crippen molar-refractivity contribution in [2.24, 2.45) is 10.7 Å². The first kappa shape index (κ1) is 15.8. The molecule has 0 bridgehead atoms. The van der Waals surface area contributed by atoms with E-state index in [9.17, 15) is 4.79 Å². The van der Waals surface area contributed by atoms with Crippen LogP contribution in [0, 0.1) is 6.92 Å². The van der Waals surface area contributed by atoms with Crippen LogP contribution in [-0.2, 0) is 0 Å². The molecule has 5 nitrogen and oxygen atoms in total. The van der Waals surface area contributed by atoms with E-state index in [1.807, 2.05) is 56.4 Å². The van der Waals surface area contributed by atoms with Gasteiger partial charge in [0.15, 0.2) is 5.96 Å². The SMILES string of the molecule is Cc1ccc(C(=O)NC(N)=NC(C)c2c[nH]c3ccccc23)cc1. The standard InChI is InChI=1S/C19H20N4O/c1-12-7-9-14(10-8-12)18(24)23-19(20)22-13(2)16-11-21-17-6-4-3-5-15(16)17/h3-11,13,21H,1-2H3,(H3,20,22,23,24). The van der Waals surface area contributed by atoms with Crippen LogP contribution >= 0.6 is 0 Å². The molecule has 24 heavy (non-hydrogen) atoms. The van der Waals surface area contributed by atoms with Gasteiger partial charge in [0.25, 0.3) is 5.91 Å². The molecule has 5 heteroatoms. The van der Waals surface area contributed by atoms with Crippen molar-refractivity contribution in [3.05, 3.63) is 71.4 Å². The van der Waals surface area contributed by atoms with Crippen molar-refractivity contribution in [3.8, 4) is 0 Å². The molecule has 0 spiro atoms. The molecule has 0 saturated carbocycles. The molecule has 0 fully saturated rings. The molecule has 0 radical (unpaired) electrons. The van der Waals surface area contributed by atoms with Gasteiger partial charge in [-0.15, -0.1) is 0 Å². The van der Waals surface area contributed by atoms with E-state index in [0.717, 1.165) is 22.0 Å². The maximum absolute atomic E-state index is 12.2. The molecule has 0 aliphatic rings. The first-order chi connectivity index (χ1) is 11.5. The quantitative estimate of drug-likeness (QED) is 0.511. The van der Waals surface area contributed by atoms with Crippen molar-refractivity contribution >= 4 is 22.8 Å². The van der Waals surface area contributed by atoms with Gasteiger partial charge in [0.05, 0.1) is 6.04 Å². The number of aryl methyl sites for hydroxylation is 1. The number of aromatic nitrogens is 1. The van der Waals surface area contributed by atoms with E-state index >= 15 is 0 Å². The highest BCUT2D eigenvalue weighted by Gasteiger charge is 2.12. The fraction of sp³-hybridized carbons (Fsp3) is 0.158. The van der Waals surface area contributed by atoms with E-state index < -0.39 is 0 Å². The number of hydrogen-bond acceptors (Lipinski definition) is 2. The van der Waals surface area contributed by atoms with E-state index in [2.05, 4.69) is 15.3 Å². The van der Waals surface area contributed by atoms with Gasteiger partial charge in [-0.05, 0) is 32.0 Å². The maximum atomic E-state index is 12.2. The van der Waals surface area contributed by atoms with Crippen LogP contribution in [0.5, 0.6) is 0 Å². The lowest BCUT2D eigenvalue weighted by Gasteiger charge is -2.09. The van der Waals surface area contributed by atoms with Crippen molar-refractivity contribution in [2.75, 3.05) is 0 Å². The largest absolute Gasteiger partial charge is 0.370 e. The minimum absolute atomic E-state index is 0.110. The average molecular weight is 320 g/mol. The summed E-state index contributed by atoms with van der Waals surface area (Å²) in [4.78, 5) is 19.8. The van der Waals surface area contributed by atoms with Crippen LogP contribution in [0.25, 0.3) is 10.9 Å². The van der Waals surface area contributed by atoms with Gasteiger partial charge < -0.3 is 10.7 Å². The molecular weight excluding hydrogens is 300 g/mol. The number of amides is 1. The van der Waals surface area contributed by atoms with E-state index in [-0.39, 0.29) is 17.9 Å². The Balaban J connectivity index is 1.75. The van der Waals surface area contributed by atoms with Crippen molar-refractivity contribution in [3.63, 3.8) is 0 Å². The number of benzene rings is 2. The molecule has 2 aromatic carbocycles. The normalized spacial score (nSPS) is 13.0. The Morgan fingerprint density at radius 2 is 1.88 bits per heavy atom. The highest BCUT2D eigenvalue weighted by Crippen LogP contribution is 2.25. The van der Waals surface area contributed by atoms with Gasteiger partial charge in [0.2, 0.25) is 0 Å². The van der Waals surface area contributed by atoms with Crippen LogP contribution in [0.1, 0.15) is 34.5 Å². The van der Waals surface area contributed by atoms with Crippen LogP contribution in [0.15, 0.2) is 59.7 Å². The van der Waals surface area contributed by atoms with Crippen molar-refractivity contribution in [1.82, 2.24) is 10.3 Å². The van der Waals surface area contributed by atoms with Gasteiger partial charge in [-0.3, -0.25) is 10.1 Å². The fourth-order valence-electron chi connectivity index (χ4n) is 2.64. The Morgan fingerprint density at radius 3 is 2.62 bits per heavy atom. The number of nitrogens with zero attached hydrogens (tertiary/aromatic N) is 1. The average Bonchev–Trinajstić information content (AvgIpc) is 2.99. The Labute approximate surface area is 140 Å². The van der Waals surface area contributed by atoms with E-state index in [1.54, 1.807) is 12.1 Å². The summed E-state index contributed by atoms with van der Waals surface area (Å²) in [5, 5.41) is 3.74. The summed E-state index contributed by atoms with van der Waals surface area (Å²) in [6.45, 7) is 3.92. The third-order valence-corrected chi connectivity index (χ3v) is 3.96. The molecule has 0 aliphatic carbocycles. The molecule has 1 amide bonds. The lowest BCUT2D eigenvalue weighted by Crippen LogP contribution is -2.37. The van der Waals surface area contributed by atoms with Gasteiger partial charge in [0, 0.05) is 28.2 Å². The summed E-state index contributed by atoms with van der Waals surface area (Å²) in [5.41, 5.74) is 9.65. The van der Waals surface area contributed by atoms with Gasteiger partial charge in [-0.25, -0.2) is 4.99 Å². The lowest BCUT2D eigenvalue weighted by atomic mass is 10.1. The van der Waals surface area contributed by atoms with Crippen molar-refractivity contribution < 1.29 is 4.79 Å². The summed E-state index contributed by atoms with van der Waals surface area (Å²) >= 11 is 0. The summed E-state index contributed by atoms with van der Waals surface area (Å²) in [6.07, 6.45) is 1.92. The zero-order valence-electron chi connectivity index (χ0n) is 13.7. The van der Waals surface area contributed by atoms with Gasteiger partial charge in [-0.1, -0.05) is 35.9 Å². The molecule has 0 saturated heterocycles. The number of rotatable bonds is 3. The zero-order chi connectivity index (χ0) is 17.1. The predicted molar refractivity (Wildman–Crippen MR) is 97.0 cm³/mol. The first-order valence-electron chi connectivity index (χ1n) is 7.82. The van der Waals surface area contributed by atoms with Crippen LogP contribution in [-0.4, -0.2) is 16.9 Å². The van der Waals surface area contributed by atoms with Crippen LogP contribution in [0.4, 0.5) is 0 Å². The second-order valence-corrected chi connectivity index (χ2v) is 5.80. The van der Waals surface area contributed by atoms with Crippen LogP contribution < -0.4 is 11.1 Å². The number of nitrogens with two attached hydrogens (primary N) is 1. The van der Waals surface area contributed by atoms with Gasteiger partial charge in [0.1, 0.15) is 0 Å². The Bertz CT molecular complexity index is 893. The van der Waals surface area contributed by atoms with Crippen LogP contribution in [0.3, 0.4) is 0 Å². The van der Waals surface area contributed by atoms with Gasteiger partial charge in [-0.2, -0.15) is 0 Å². The van der Waals surface area contributed by atoms with Crippen molar-refractivity contribution in [1.29, 1.82) is 0 Å². The second kappa shape index (κ2) is 6.58. The Morgan fingerprint density at radius 1 is 1.17 bits per heavy atom. The summed E-state index contributed by atoms with van der Waals surface area (Å²) in [6, 6.07) is 15.1. The fourth-order valence-corrected chi connectivity index (χ4v) is 2.64. The second-order valence-electron chi connectivity index (χ2n) is 5.80. The molecule has 1 heterocycles. The highest BCUT2D eigenvalue weighted by atomic mass is 16.1. The van der Waals surface area contributed by atoms with E-state index in [4.69, 9.17) is 5.73 Å². The number of H-pyrrole nitrogens is 1. The Hall–Kier alpha value is -3.08. The maximum Gasteiger partial charge on any atom is 0.257 e. The number of aromatic amines is 1. The zero-order valence-corrected chi connectivity index (χ0v) is 13.7. The Kier molecular flexibility index (Phi) is 4.33. The molecule has 0 aliphatic heterocycles. The number of aliphatic imine (C=N–C) groups is 1. The van der Waals surface area contributed by atoms with E-state index in [0.29, 0.717) is 5.56 Å². The lowest BCUT2D eigenvalue weighted by molar-refractivity contribution is 0.0976. The number of carbonyl (C=O) groups excluding carboxylic acids is 1. The van der Waals surface area contributed by atoms with E-state index in [1.165, 1.54) is 0 Å². The number of guanidine groups is 1. The van der Waals surface area contributed by atoms with Crippen molar-refractivity contribution in [2.45, 2.75) is 19.9 Å². The summed E-state index contributed by atoms with van der Waals surface area (Å²) in [7, 11) is 0. The highest BCUT2D eigenvalue weighted by molar-refractivity contribution is 6.05. The third-order valence-electron chi connectivity index (χ3n) is 3.96. The predicted octanol–water partition coefficient (Wildman–Crippen LogP) is 3.28. The molecule has 3 aromatic rings. The van der Waals surface area contributed by atoms with Gasteiger partial charge >= 0.3 is 0 Å². The minimum Gasteiger partial charge on any atom is -0.370 e. The monoisotopic (exact) mass is 320 g/mol. The molecule has 4 N–H and O–H groups in total. The number of nitrogens with one attached hydrogen (secondary N) is 2. The molecule has 3 rings (SSSR count). The smallest absolute Gasteiger partial charge is 0.257 e. The third kappa shape index (κ3) is 3.30. The number of para-hydroxylation sites is 1. The number of carbonyl (C=O) groups is 1. The molecular formula is C19H20N4O. The molecule has 1 aromatic heterocycles. The minimum atomic E-state index is -0.262. The molecule has 1 unspecified atom stereocenters.